The molecule has 2 aromatic rings. The molecule has 0 bridgehead atoms. The highest BCUT2D eigenvalue weighted by Crippen LogP contribution is 2.20. The number of likely N-dealkylation sites (tertiary alicyclic amines) is 1. The van der Waals surface area contributed by atoms with E-state index in [1.807, 2.05) is 74.3 Å². The number of benzene rings is 2. The number of ether oxygens (including phenoxy) is 1. The third kappa shape index (κ3) is 5.15. The molecule has 6 nitrogen and oxygen atoms in total. The van der Waals surface area contributed by atoms with E-state index >= 15 is 0 Å². The molecule has 29 heavy (non-hydrogen) atoms. The van der Waals surface area contributed by atoms with E-state index in [1.54, 1.807) is 7.11 Å². The van der Waals surface area contributed by atoms with Gasteiger partial charge in [-0.3, -0.25) is 14.5 Å². The SMILES string of the molecule is COc1ccc([C@@H](C)NC(=O)[C@@H]2C[C@H](NC(=O)c3cccc(C)c3)CN2C)cc1. The maximum absolute atomic E-state index is 12.8. The molecule has 1 aliphatic heterocycles. The number of carbonyl (C=O) groups excluding carboxylic acids is 2. The van der Waals surface area contributed by atoms with Gasteiger partial charge in [0.2, 0.25) is 5.91 Å². The van der Waals surface area contributed by atoms with Crippen LogP contribution in [0.3, 0.4) is 0 Å². The van der Waals surface area contributed by atoms with Crippen LogP contribution in [0.25, 0.3) is 0 Å². The average Bonchev–Trinajstić information content (AvgIpc) is 3.08. The lowest BCUT2D eigenvalue weighted by Gasteiger charge is -2.21. The second kappa shape index (κ2) is 9.09. The zero-order valence-corrected chi connectivity index (χ0v) is 17.4. The number of hydrogen-bond acceptors (Lipinski definition) is 4. The number of nitrogens with zero attached hydrogens (tertiary/aromatic N) is 1. The van der Waals surface area contributed by atoms with Gasteiger partial charge in [-0.1, -0.05) is 29.8 Å². The third-order valence-electron chi connectivity index (χ3n) is 5.44. The zero-order valence-electron chi connectivity index (χ0n) is 17.4. The Hall–Kier alpha value is -2.86. The molecule has 1 heterocycles. The van der Waals surface area contributed by atoms with Crippen molar-refractivity contribution in [1.82, 2.24) is 15.5 Å². The van der Waals surface area contributed by atoms with Crippen molar-refractivity contribution in [2.45, 2.75) is 38.4 Å². The molecule has 2 N–H and O–H groups in total. The number of rotatable bonds is 6. The highest BCUT2D eigenvalue weighted by molar-refractivity contribution is 5.94. The molecule has 1 aliphatic rings. The highest BCUT2D eigenvalue weighted by atomic mass is 16.5. The zero-order chi connectivity index (χ0) is 21.0. The lowest BCUT2D eigenvalue weighted by Crippen LogP contribution is -2.42. The Morgan fingerprint density at radius 2 is 1.90 bits per heavy atom. The number of nitrogens with one attached hydrogen (secondary N) is 2. The first-order valence-electron chi connectivity index (χ1n) is 9.89. The largest absolute Gasteiger partial charge is 0.497 e. The van der Waals surface area contributed by atoms with Crippen molar-refractivity contribution in [3.63, 3.8) is 0 Å². The third-order valence-corrected chi connectivity index (χ3v) is 5.44. The molecule has 2 aromatic carbocycles. The van der Waals surface area contributed by atoms with Crippen LogP contribution >= 0.6 is 0 Å². The van der Waals surface area contributed by atoms with Crippen LogP contribution in [0, 0.1) is 6.92 Å². The predicted octanol–water partition coefficient (Wildman–Crippen LogP) is 2.68. The number of likely N-dealkylation sites (N-methyl/N-ethyl adjacent to an activating group) is 1. The molecule has 2 amide bonds. The number of carbonyl (C=O) groups is 2. The number of aryl methyl sites for hydroxylation is 1. The summed E-state index contributed by atoms with van der Waals surface area (Å²) in [6, 6.07) is 14.8. The second-order valence-electron chi connectivity index (χ2n) is 7.73. The fourth-order valence-electron chi connectivity index (χ4n) is 3.75. The summed E-state index contributed by atoms with van der Waals surface area (Å²) in [5, 5.41) is 6.15. The summed E-state index contributed by atoms with van der Waals surface area (Å²) >= 11 is 0. The average molecular weight is 396 g/mol. The van der Waals surface area contributed by atoms with Crippen molar-refractivity contribution in [2.24, 2.45) is 0 Å². The van der Waals surface area contributed by atoms with Crippen molar-refractivity contribution in [1.29, 1.82) is 0 Å². The van der Waals surface area contributed by atoms with E-state index in [4.69, 9.17) is 4.74 Å². The van der Waals surface area contributed by atoms with Crippen molar-refractivity contribution in [3.8, 4) is 5.75 Å². The molecule has 0 unspecified atom stereocenters. The molecule has 6 heteroatoms. The summed E-state index contributed by atoms with van der Waals surface area (Å²) in [5.74, 6) is 0.665. The minimum Gasteiger partial charge on any atom is -0.497 e. The van der Waals surface area contributed by atoms with Crippen LogP contribution in [0.5, 0.6) is 5.75 Å². The molecular formula is C23H29N3O3. The Bertz CT molecular complexity index is 866. The van der Waals surface area contributed by atoms with Gasteiger partial charge in [-0.25, -0.2) is 0 Å². The molecule has 0 aromatic heterocycles. The molecule has 1 saturated heterocycles. The molecule has 0 aliphatic carbocycles. The highest BCUT2D eigenvalue weighted by Gasteiger charge is 2.35. The van der Waals surface area contributed by atoms with Gasteiger partial charge < -0.3 is 15.4 Å². The summed E-state index contributed by atoms with van der Waals surface area (Å²) < 4.78 is 5.18. The lowest BCUT2D eigenvalue weighted by atomic mass is 10.1. The maximum atomic E-state index is 12.8. The molecule has 0 spiro atoms. The van der Waals surface area contributed by atoms with Crippen LogP contribution < -0.4 is 15.4 Å². The number of amides is 2. The topological polar surface area (TPSA) is 70.7 Å². The van der Waals surface area contributed by atoms with Crippen LogP contribution in [0.2, 0.25) is 0 Å². The fraction of sp³-hybridized carbons (Fsp3) is 0.391. The summed E-state index contributed by atoms with van der Waals surface area (Å²) in [5.41, 5.74) is 2.71. The van der Waals surface area contributed by atoms with E-state index in [0.717, 1.165) is 16.9 Å². The van der Waals surface area contributed by atoms with Crippen molar-refractivity contribution in [2.75, 3.05) is 20.7 Å². The van der Waals surface area contributed by atoms with Gasteiger partial charge in [-0.2, -0.15) is 0 Å². The van der Waals surface area contributed by atoms with Crippen LogP contribution in [0.15, 0.2) is 48.5 Å². The van der Waals surface area contributed by atoms with Gasteiger partial charge >= 0.3 is 0 Å². The van der Waals surface area contributed by atoms with Gasteiger partial charge in [0.1, 0.15) is 5.75 Å². The van der Waals surface area contributed by atoms with Crippen molar-refractivity contribution >= 4 is 11.8 Å². The first-order chi connectivity index (χ1) is 13.9. The van der Waals surface area contributed by atoms with E-state index in [0.29, 0.717) is 18.5 Å². The summed E-state index contributed by atoms with van der Waals surface area (Å²) in [4.78, 5) is 27.3. The Labute approximate surface area is 172 Å². The standard InChI is InChI=1S/C23H29N3O3/c1-15-6-5-7-18(12-15)22(27)25-19-13-21(26(3)14-19)23(28)24-16(2)17-8-10-20(29-4)11-9-17/h5-12,16,19,21H,13-14H2,1-4H3,(H,24,28)(H,25,27)/t16-,19+,21+/m1/s1. The van der Waals surface area contributed by atoms with E-state index in [-0.39, 0.29) is 29.9 Å². The van der Waals surface area contributed by atoms with E-state index < -0.39 is 0 Å². The summed E-state index contributed by atoms with van der Waals surface area (Å²) in [6.45, 7) is 4.57. The molecular weight excluding hydrogens is 366 g/mol. The Kier molecular flexibility index (Phi) is 6.54. The van der Waals surface area contributed by atoms with Crippen molar-refractivity contribution in [3.05, 3.63) is 65.2 Å². The summed E-state index contributed by atoms with van der Waals surface area (Å²) in [6.07, 6.45) is 0.592. The molecule has 154 valence electrons. The normalized spacial score (nSPS) is 20.1. The molecule has 1 fully saturated rings. The van der Waals surface area contributed by atoms with Gasteiger partial charge in [0.25, 0.3) is 5.91 Å². The number of hydrogen-bond donors (Lipinski definition) is 2. The van der Waals surface area contributed by atoms with Crippen LogP contribution in [-0.2, 0) is 4.79 Å². The van der Waals surface area contributed by atoms with Gasteiger partial charge in [-0.15, -0.1) is 0 Å². The van der Waals surface area contributed by atoms with Gasteiger partial charge in [0, 0.05) is 18.2 Å². The smallest absolute Gasteiger partial charge is 0.251 e. The number of methoxy groups -OCH3 is 1. The Morgan fingerprint density at radius 1 is 1.17 bits per heavy atom. The second-order valence-corrected chi connectivity index (χ2v) is 7.73. The minimum atomic E-state index is -0.265. The lowest BCUT2D eigenvalue weighted by molar-refractivity contribution is -0.125. The molecule has 3 rings (SSSR count). The van der Waals surface area contributed by atoms with E-state index in [2.05, 4.69) is 10.6 Å². The van der Waals surface area contributed by atoms with Crippen LogP contribution in [0.4, 0.5) is 0 Å². The molecule has 3 atom stereocenters. The van der Waals surface area contributed by atoms with E-state index in [1.165, 1.54) is 0 Å². The Balaban J connectivity index is 1.56. The quantitative estimate of drug-likeness (QED) is 0.789. The maximum Gasteiger partial charge on any atom is 0.251 e. The first kappa shape index (κ1) is 20.9. The van der Waals surface area contributed by atoms with Gasteiger partial charge in [0.15, 0.2) is 0 Å². The van der Waals surface area contributed by atoms with Crippen LogP contribution in [-0.4, -0.2) is 49.5 Å². The molecule has 0 radical (unpaired) electrons. The predicted molar refractivity (Wildman–Crippen MR) is 113 cm³/mol. The Morgan fingerprint density at radius 3 is 2.55 bits per heavy atom. The van der Waals surface area contributed by atoms with Crippen molar-refractivity contribution < 1.29 is 14.3 Å². The minimum absolute atomic E-state index is 0.0249. The van der Waals surface area contributed by atoms with Crippen LogP contribution in [0.1, 0.15) is 40.9 Å². The van der Waals surface area contributed by atoms with Gasteiger partial charge in [-0.05, 0) is 57.1 Å². The molecule has 0 saturated carbocycles. The monoisotopic (exact) mass is 395 g/mol. The summed E-state index contributed by atoms with van der Waals surface area (Å²) in [7, 11) is 3.55. The first-order valence-corrected chi connectivity index (χ1v) is 9.89. The fourth-order valence-corrected chi connectivity index (χ4v) is 3.75. The van der Waals surface area contributed by atoms with Gasteiger partial charge in [0.05, 0.1) is 19.2 Å². The van der Waals surface area contributed by atoms with E-state index in [9.17, 15) is 9.59 Å².